The van der Waals surface area contributed by atoms with E-state index in [-0.39, 0.29) is 6.04 Å². The predicted octanol–water partition coefficient (Wildman–Crippen LogP) is 3.69. The van der Waals surface area contributed by atoms with Crippen LogP contribution < -0.4 is 15.2 Å². The topological polar surface area (TPSA) is 44.5 Å². The van der Waals surface area contributed by atoms with Gasteiger partial charge in [-0.3, -0.25) is 0 Å². The molecular weight excluding hydrogens is 250 g/mol. The molecule has 2 rings (SSSR count). The highest BCUT2D eigenvalue weighted by Gasteiger charge is 2.17. The van der Waals surface area contributed by atoms with Crippen molar-refractivity contribution in [2.24, 2.45) is 5.73 Å². The van der Waals surface area contributed by atoms with Gasteiger partial charge in [0.25, 0.3) is 0 Å². The van der Waals surface area contributed by atoms with E-state index in [0.29, 0.717) is 6.10 Å². The van der Waals surface area contributed by atoms with Gasteiger partial charge >= 0.3 is 0 Å². The lowest BCUT2D eigenvalue weighted by Crippen LogP contribution is -2.22. The minimum Gasteiger partial charge on any atom is -0.493 e. The van der Waals surface area contributed by atoms with Gasteiger partial charge in [0.2, 0.25) is 0 Å². The molecule has 1 aliphatic carbocycles. The molecule has 0 spiro atoms. The summed E-state index contributed by atoms with van der Waals surface area (Å²) >= 11 is 0. The van der Waals surface area contributed by atoms with E-state index < -0.39 is 0 Å². The molecule has 0 bridgehead atoms. The van der Waals surface area contributed by atoms with Crippen LogP contribution in [0.4, 0.5) is 0 Å². The van der Waals surface area contributed by atoms with Crippen LogP contribution in [0.2, 0.25) is 0 Å². The number of hydrogen-bond acceptors (Lipinski definition) is 3. The van der Waals surface area contributed by atoms with E-state index in [1.165, 1.54) is 24.8 Å². The van der Waals surface area contributed by atoms with Crippen LogP contribution in [0.3, 0.4) is 0 Å². The molecule has 1 aromatic rings. The molecule has 20 heavy (non-hydrogen) atoms. The molecule has 0 aromatic heterocycles. The van der Waals surface area contributed by atoms with Crippen LogP contribution >= 0.6 is 0 Å². The van der Waals surface area contributed by atoms with Crippen LogP contribution in [0.5, 0.6) is 11.5 Å². The molecule has 1 unspecified atom stereocenters. The van der Waals surface area contributed by atoms with Gasteiger partial charge in [0.05, 0.1) is 13.2 Å². The van der Waals surface area contributed by atoms with Crippen LogP contribution in [-0.4, -0.2) is 19.3 Å². The van der Waals surface area contributed by atoms with Gasteiger partial charge < -0.3 is 15.2 Å². The van der Waals surface area contributed by atoms with Gasteiger partial charge in [-0.2, -0.15) is 0 Å². The molecule has 1 fully saturated rings. The Morgan fingerprint density at radius 1 is 1.20 bits per heavy atom. The quantitative estimate of drug-likeness (QED) is 0.862. The summed E-state index contributed by atoms with van der Waals surface area (Å²) in [5.41, 5.74) is 7.27. The van der Waals surface area contributed by atoms with Crippen LogP contribution in [0, 0.1) is 0 Å². The molecule has 0 aliphatic heterocycles. The Morgan fingerprint density at radius 3 is 2.60 bits per heavy atom. The Kier molecular flexibility index (Phi) is 5.72. The van der Waals surface area contributed by atoms with Crippen LogP contribution in [0.1, 0.15) is 51.0 Å². The third-order valence-corrected chi connectivity index (χ3v) is 4.10. The van der Waals surface area contributed by atoms with E-state index in [9.17, 15) is 0 Å². The molecule has 0 radical (unpaired) electrons. The molecule has 1 atom stereocenters. The van der Waals surface area contributed by atoms with Crippen molar-refractivity contribution in [1.82, 2.24) is 0 Å². The zero-order valence-electron chi connectivity index (χ0n) is 12.7. The summed E-state index contributed by atoms with van der Waals surface area (Å²) in [5, 5.41) is 0. The van der Waals surface area contributed by atoms with E-state index >= 15 is 0 Å². The molecule has 0 saturated heterocycles. The summed E-state index contributed by atoms with van der Waals surface area (Å²) in [6.45, 7) is 2.12. The lowest BCUT2D eigenvalue weighted by atomic mass is 9.97. The number of hydrogen-bond donors (Lipinski definition) is 1. The van der Waals surface area contributed by atoms with Crippen molar-refractivity contribution < 1.29 is 9.47 Å². The Bertz CT molecular complexity index is 413. The first kappa shape index (κ1) is 15.2. The summed E-state index contributed by atoms with van der Waals surface area (Å²) in [7, 11) is 1.69. The molecule has 0 amide bonds. The highest BCUT2D eigenvalue weighted by molar-refractivity contribution is 5.43. The number of benzene rings is 1. The molecule has 1 aromatic carbocycles. The normalized spacial score (nSPS) is 17.8. The second kappa shape index (κ2) is 7.53. The summed E-state index contributed by atoms with van der Waals surface area (Å²) < 4.78 is 11.6. The van der Waals surface area contributed by atoms with Crippen LogP contribution in [-0.2, 0) is 6.42 Å². The van der Waals surface area contributed by atoms with E-state index in [0.717, 1.165) is 37.2 Å². The Labute approximate surface area is 122 Å². The zero-order valence-corrected chi connectivity index (χ0v) is 12.7. The van der Waals surface area contributed by atoms with Crippen molar-refractivity contribution in [1.29, 1.82) is 0 Å². The zero-order chi connectivity index (χ0) is 14.4. The Hall–Kier alpha value is -1.22. The maximum Gasteiger partial charge on any atom is 0.161 e. The first-order valence-electron chi connectivity index (χ1n) is 7.82. The number of methoxy groups -OCH3 is 1. The van der Waals surface area contributed by atoms with E-state index in [1.54, 1.807) is 7.11 Å². The Morgan fingerprint density at radius 2 is 1.95 bits per heavy atom. The van der Waals surface area contributed by atoms with Crippen molar-refractivity contribution in [2.75, 3.05) is 7.11 Å². The SMILES string of the molecule is CCC(N)Cc1ccc(OC)c(OC2CCCCC2)c1. The van der Waals surface area contributed by atoms with Crippen molar-refractivity contribution >= 4 is 0 Å². The van der Waals surface area contributed by atoms with Gasteiger partial charge in [0, 0.05) is 6.04 Å². The van der Waals surface area contributed by atoms with Gasteiger partial charge in [-0.15, -0.1) is 0 Å². The molecular formula is C17H27NO2. The van der Waals surface area contributed by atoms with Crippen molar-refractivity contribution in [3.05, 3.63) is 23.8 Å². The second-order valence-electron chi connectivity index (χ2n) is 5.74. The smallest absolute Gasteiger partial charge is 0.161 e. The fourth-order valence-corrected chi connectivity index (χ4v) is 2.75. The van der Waals surface area contributed by atoms with Gasteiger partial charge in [-0.1, -0.05) is 19.4 Å². The minimum atomic E-state index is 0.214. The summed E-state index contributed by atoms with van der Waals surface area (Å²) in [6, 6.07) is 6.40. The molecule has 3 nitrogen and oxygen atoms in total. The van der Waals surface area contributed by atoms with Crippen LogP contribution in [0.25, 0.3) is 0 Å². The lowest BCUT2D eigenvalue weighted by molar-refractivity contribution is 0.149. The second-order valence-corrected chi connectivity index (χ2v) is 5.74. The van der Waals surface area contributed by atoms with Gasteiger partial charge in [-0.25, -0.2) is 0 Å². The molecule has 3 heteroatoms. The predicted molar refractivity (Wildman–Crippen MR) is 82.5 cm³/mol. The van der Waals surface area contributed by atoms with Crippen molar-refractivity contribution in [2.45, 2.75) is 64.0 Å². The molecule has 0 heterocycles. The fourth-order valence-electron chi connectivity index (χ4n) is 2.75. The molecule has 1 aliphatic rings. The first-order valence-corrected chi connectivity index (χ1v) is 7.82. The number of ether oxygens (including phenoxy) is 2. The summed E-state index contributed by atoms with van der Waals surface area (Å²) in [4.78, 5) is 0. The number of nitrogens with two attached hydrogens (primary N) is 1. The monoisotopic (exact) mass is 277 g/mol. The third kappa shape index (κ3) is 4.14. The highest BCUT2D eigenvalue weighted by Crippen LogP contribution is 2.32. The van der Waals surface area contributed by atoms with Crippen molar-refractivity contribution in [3.63, 3.8) is 0 Å². The molecule has 112 valence electrons. The average Bonchev–Trinajstić information content (AvgIpc) is 2.48. The highest BCUT2D eigenvalue weighted by atomic mass is 16.5. The summed E-state index contributed by atoms with van der Waals surface area (Å²) in [5.74, 6) is 1.70. The maximum atomic E-state index is 6.17. The molecule has 2 N–H and O–H groups in total. The lowest BCUT2D eigenvalue weighted by Gasteiger charge is -2.24. The van der Waals surface area contributed by atoms with Crippen molar-refractivity contribution in [3.8, 4) is 11.5 Å². The Balaban J connectivity index is 2.09. The minimum absolute atomic E-state index is 0.214. The largest absolute Gasteiger partial charge is 0.493 e. The van der Waals surface area contributed by atoms with Crippen LogP contribution in [0.15, 0.2) is 18.2 Å². The van der Waals surface area contributed by atoms with Gasteiger partial charge in [-0.05, 0) is 56.2 Å². The van der Waals surface area contributed by atoms with Gasteiger partial charge in [0.1, 0.15) is 0 Å². The standard InChI is InChI=1S/C17H27NO2/c1-3-14(18)11-13-9-10-16(19-2)17(12-13)20-15-7-5-4-6-8-15/h9-10,12,14-15H,3-8,11,18H2,1-2H3. The van der Waals surface area contributed by atoms with E-state index in [1.807, 2.05) is 6.07 Å². The third-order valence-electron chi connectivity index (χ3n) is 4.10. The number of rotatable bonds is 6. The van der Waals surface area contributed by atoms with E-state index in [2.05, 4.69) is 19.1 Å². The fraction of sp³-hybridized carbons (Fsp3) is 0.647. The summed E-state index contributed by atoms with van der Waals surface area (Å²) in [6.07, 6.45) is 8.41. The molecule has 1 saturated carbocycles. The van der Waals surface area contributed by atoms with E-state index in [4.69, 9.17) is 15.2 Å². The first-order chi connectivity index (χ1) is 9.72. The maximum absolute atomic E-state index is 6.17. The van der Waals surface area contributed by atoms with Gasteiger partial charge in [0.15, 0.2) is 11.5 Å². The average molecular weight is 277 g/mol.